The van der Waals surface area contributed by atoms with Crippen LogP contribution < -0.4 is 26.7 Å². The topological polar surface area (TPSA) is 137 Å². The number of pyridine rings is 2. The van der Waals surface area contributed by atoms with Crippen LogP contribution in [-0.2, 0) is 24.3 Å². The first kappa shape index (κ1) is 23.6. The summed E-state index contributed by atoms with van der Waals surface area (Å²) in [6.07, 6.45) is 1.88. The Morgan fingerprint density at radius 3 is 2.70 bits per heavy atom. The van der Waals surface area contributed by atoms with Crippen molar-refractivity contribution in [2.45, 2.75) is 33.4 Å². The number of carbonyl (C=O) groups excluding carboxylic acids is 1. The highest BCUT2D eigenvalue weighted by Crippen LogP contribution is 2.14. The Morgan fingerprint density at radius 1 is 1.21 bits per heavy atom. The number of carbonyl (C=O) groups is 1. The summed E-state index contributed by atoms with van der Waals surface area (Å²) in [6.45, 7) is 3.92. The van der Waals surface area contributed by atoms with E-state index in [9.17, 15) is 14.0 Å². The Balaban J connectivity index is 1.61. The van der Waals surface area contributed by atoms with Crippen LogP contribution in [0, 0.1) is 19.8 Å². The fourth-order valence-corrected chi connectivity index (χ4v) is 3.14. The van der Waals surface area contributed by atoms with Crippen LogP contribution in [0.1, 0.15) is 22.6 Å². The monoisotopic (exact) mass is 455 g/mol. The van der Waals surface area contributed by atoms with Gasteiger partial charge < -0.3 is 21.1 Å². The molecule has 0 bridgehead atoms. The van der Waals surface area contributed by atoms with Crippen molar-refractivity contribution in [1.29, 1.82) is 0 Å². The molecule has 0 fully saturated rings. The molecule has 10 nitrogen and oxygen atoms in total. The highest BCUT2D eigenvalue weighted by molar-refractivity contribution is 5.75. The number of hydrogen-bond donors (Lipinski definition) is 3. The molecule has 11 heteroatoms. The number of nitrogen functional groups attached to an aromatic ring is 1. The van der Waals surface area contributed by atoms with Crippen LogP contribution in [-0.4, -0.2) is 39.1 Å². The van der Waals surface area contributed by atoms with Gasteiger partial charge in [0.2, 0.25) is 5.91 Å². The van der Waals surface area contributed by atoms with E-state index in [1.54, 1.807) is 25.1 Å². The zero-order chi connectivity index (χ0) is 24.0. The molecular weight excluding hydrogens is 429 g/mol. The molecule has 0 aromatic carbocycles. The lowest BCUT2D eigenvalue weighted by molar-refractivity contribution is -0.121. The average molecular weight is 455 g/mol. The number of ether oxygens (including phenoxy) is 1. The van der Waals surface area contributed by atoms with E-state index in [-0.39, 0.29) is 30.6 Å². The number of nitrogens with zero attached hydrogens (tertiary/aromatic N) is 4. The molecule has 0 aliphatic carbocycles. The second kappa shape index (κ2) is 10.5. The van der Waals surface area contributed by atoms with E-state index in [1.807, 2.05) is 6.92 Å². The SMILES string of the molecule is COc1ccc(CCNc2ncc(C)n(CC(=O)NCc3ccc(N)nc3C)c2=O)nc1F. The number of anilines is 2. The van der Waals surface area contributed by atoms with Crippen LogP contribution in [0.3, 0.4) is 0 Å². The Hall–Kier alpha value is -4.02. The van der Waals surface area contributed by atoms with E-state index in [0.29, 0.717) is 30.2 Å². The summed E-state index contributed by atoms with van der Waals surface area (Å²) in [7, 11) is 1.37. The van der Waals surface area contributed by atoms with Gasteiger partial charge in [-0.15, -0.1) is 0 Å². The molecule has 0 radical (unpaired) electrons. The summed E-state index contributed by atoms with van der Waals surface area (Å²) in [4.78, 5) is 37.4. The van der Waals surface area contributed by atoms with Crippen molar-refractivity contribution in [3.05, 3.63) is 69.4 Å². The van der Waals surface area contributed by atoms with Crippen molar-refractivity contribution in [2.75, 3.05) is 24.7 Å². The van der Waals surface area contributed by atoms with Crippen molar-refractivity contribution < 1.29 is 13.9 Å². The summed E-state index contributed by atoms with van der Waals surface area (Å²) in [5.74, 6) is -0.445. The van der Waals surface area contributed by atoms with Crippen molar-refractivity contribution in [1.82, 2.24) is 24.8 Å². The van der Waals surface area contributed by atoms with E-state index in [0.717, 1.165) is 11.3 Å². The van der Waals surface area contributed by atoms with Crippen molar-refractivity contribution in [3.63, 3.8) is 0 Å². The number of nitrogens with two attached hydrogens (primary N) is 1. The normalized spacial score (nSPS) is 10.7. The summed E-state index contributed by atoms with van der Waals surface area (Å²) >= 11 is 0. The second-order valence-corrected chi connectivity index (χ2v) is 7.37. The maximum absolute atomic E-state index is 13.7. The lowest BCUT2D eigenvalue weighted by Crippen LogP contribution is -2.34. The third-order valence-corrected chi connectivity index (χ3v) is 5.01. The molecule has 1 amide bonds. The molecule has 0 aliphatic heterocycles. The van der Waals surface area contributed by atoms with E-state index in [1.165, 1.54) is 23.9 Å². The standard InChI is InChI=1S/C22H26FN7O3/c1-13-10-27-21(25-9-8-16-5-6-17(33-3)20(23)29-16)22(32)30(13)12-19(31)26-11-15-4-7-18(24)28-14(15)2/h4-7,10H,8-9,11-12H2,1-3H3,(H2,24,28)(H,25,27)(H,26,31). The maximum atomic E-state index is 13.7. The molecule has 3 heterocycles. The molecule has 3 aromatic rings. The zero-order valence-electron chi connectivity index (χ0n) is 18.7. The molecule has 0 saturated heterocycles. The van der Waals surface area contributed by atoms with E-state index in [2.05, 4.69) is 25.6 Å². The molecule has 0 spiro atoms. The van der Waals surface area contributed by atoms with Gasteiger partial charge in [0.15, 0.2) is 11.6 Å². The zero-order valence-corrected chi connectivity index (χ0v) is 18.7. The Morgan fingerprint density at radius 2 is 2.00 bits per heavy atom. The first-order valence-corrected chi connectivity index (χ1v) is 10.3. The number of rotatable bonds is 9. The summed E-state index contributed by atoms with van der Waals surface area (Å²) in [5, 5.41) is 5.72. The minimum Gasteiger partial charge on any atom is -0.492 e. The fraction of sp³-hybridized carbons (Fsp3) is 0.318. The van der Waals surface area contributed by atoms with Gasteiger partial charge in [0, 0.05) is 42.8 Å². The van der Waals surface area contributed by atoms with Crippen molar-refractivity contribution in [2.24, 2.45) is 0 Å². The molecule has 33 heavy (non-hydrogen) atoms. The molecule has 174 valence electrons. The quantitative estimate of drug-likeness (QED) is 0.411. The van der Waals surface area contributed by atoms with E-state index >= 15 is 0 Å². The van der Waals surface area contributed by atoms with Crippen LogP contribution in [0.15, 0.2) is 35.3 Å². The first-order chi connectivity index (χ1) is 15.8. The summed E-state index contributed by atoms with van der Waals surface area (Å²) in [5.41, 5.74) is 7.83. The number of halogens is 1. The van der Waals surface area contributed by atoms with Crippen LogP contribution >= 0.6 is 0 Å². The Labute approximate surface area is 190 Å². The fourth-order valence-electron chi connectivity index (χ4n) is 3.14. The maximum Gasteiger partial charge on any atom is 0.293 e. The Bertz CT molecular complexity index is 1210. The van der Waals surface area contributed by atoms with Gasteiger partial charge in [0.05, 0.1) is 7.11 Å². The predicted octanol–water partition coefficient (Wildman–Crippen LogP) is 1.35. The molecule has 0 atom stereocenters. The van der Waals surface area contributed by atoms with Crippen LogP contribution in [0.2, 0.25) is 0 Å². The summed E-state index contributed by atoms with van der Waals surface area (Å²) < 4.78 is 19.9. The predicted molar refractivity (Wildman–Crippen MR) is 121 cm³/mol. The molecule has 0 aliphatic rings. The van der Waals surface area contributed by atoms with Gasteiger partial charge in [-0.1, -0.05) is 6.07 Å². The number of amides is 1. The van der Waals surface area contributed by atoms with Crippen molar-refractivity contribution >= 4 is 17.5 Å². The Kier molecular flexibility index (Phi) is 7.54. The summed E-state index contributed by atoms with van der Waals surface area (Å²) in [6, 6.07) is 6.61. The van der Waals surface area contributed by atoms with Gasteiger partial charge >= 0.3 is 0 Å². The van der Waals surface area contributed by atoms with Gasteiger partial charge in [0.25, 0.3) is 11.5 Å². The van der Waals surface area contributed by atoms with Crippen molar-refractivity contribution in [3.8, 4) is 5.75 Å². The third-order valence-electron chi connectivity index (χ3n) is 5.01. The highest BCUT2D eigenvalue weighted by atomic mass is 19.1. The van der Waals surface area contributed by atoms with Gasteiger partial charge in [-0.25, -0.2) is 15.0 Å². The number of aromatic nitrogens is 4. The average Bonchev–Trinajstić information content (AvgIpc) is 2.77. The minimum atomic E-state index is -0.693. The van der Waals surface area contributed by atoms with Gasteiger partial charge in [-0.2, -0.15) is 4.39 Å². The lowest BCUT2D eigenvalue weighted by atomic mass is 10.2. The van der Waals surface area contributed by atoms with E-state index < -0.39 is 11.5 Å². The van der Waals surface area contributed by atoms with Gasteiger partial charge in [-0.05, 0) is 37.6 Å². The second-order valence-electron chi connectivity index (χ2n) is 7.37. The van der Waals surface area contributed by atoms with Crippen LogP contribution in [0.5, 0.6) is 5.75 Å². The molecule has 3 aromatic heterocycles. The molecular formula is C22H26FN7O3. The van der Waals surface area contributed by atoms with Crippen LogP contribution in [0.4, 0.5) is 16.0 Å². The third kappa shape index (κ3) is 6.03. The molecule has 4 N–H and O–H groups in total. The smallest absolute Gasteiger partial charge is 0.293 e. The molecule has 3 rings (SSSR count). The molecule has 0 unspecified atom stereocenters. The first-order valence-electron chi connectivity index (χ1n) is 10.3. The number of nitrogens with one attached hydrogen (secondary N) is 2. The minimum absolute atomic E-state index is 0.0656. The number of hydrogen-bond acceptors (Lipinski definition) is 8. The van der Waals surface area contributed by atoms with Gasteiger partial charge in [0.1, 0.15) is 12.4 Å². The largest absolute Gasteiger partial charge is 0.492 e. The number of methoxy groups -OCH3 is 1. The van der Waals surface area contributed by atoms with E-state index in [4.69, 9.17) is 10.5 Å². The molecule has 0 saturated carbocycles. The van der Waals surface area contributed by atoms with Gasteiger partial charge in [-0.3, -0.25) is 14.2 Å². The highest BCUT2D eigenvalue weighted by Gasteiger charge is 2.12. The lowest BCUT2D eigenvalue weighted by Gasteiger charge is -2.13. The number of aryl methyl sites for hydroxylation is 2. The van der Waals surface area contributed by atoms with Crippen LogP contribution in [0.25, 0.3) is 0 Å².